The Bertz CT molecular complexity index is 1310. The highest BCUT2D eigenvalue weighted by Gasteiger charge is 2.57. The summed E-state index contributed by atoms with van der Waals surface area (Å²) in [5, 5.41) is 18.8. The summed E-state index contributed by atoms with van der Waals surface area (Å²) < 4.78 is 4.76. The number of halogens is 1. The zero-order chi connectivity index (χ0) is 22.4. The van der Waals surface area contributed by atoms with Crippen molar-refractivity contribution in [3.05, 3.63) is 32.6 Å². The van der Waals surface area contributed by atoms with E-state index in [1.165, 1.54) is 16.0 Å². The van der Waals surface area contributed by atoms with Crippen LogP contribution in [0.3, 0.4) is 0 Å². The Morgan fingerprint density at radius 1 is 1.28 bits per heavy atom. The highest BCUT2D eigenvalue weighted by Crippen LogP contribution is 2.57. The Balaban J connectivity index is 1.33. The zero-order valence-corrected chi connectivity index (χ0v) is 19.8. The van der Waals surface area contributed by atoms with Crippen molar-refractivity contribution in [2.75, 3.05) is 0 Å². The SMILES string of the molecule is CC(C)c1nn(CC(=O)NC23CC4CC(CC(O)(C4)C2)C3)c(=O)c2cc3sc(Cl)cc3n12. The molecule has 7 rings (SSSR count). The van der Waals surface area contributed by atoms with Gasteiger partial charge in [0.1, 0.15) is 17.9 Å². The normalized spacial score (nSPS) is 31.3. The lowest BCUT2D eigenvalue weighted by atomic mass is 9.51. The number of carbonyl (C=O) groups excluding carboxylic acids is 1. The van der Waals surface area contributed by atoms with Gasteiger partial charge >= 0.3 is 0 Å². The fourth-order valence-electron chi connectivity index (χ4n) is 7.02. The van der Waals surface area contributed by atoms with Gasteiger partial charge < -0.3 is 10.4 Å². The maximum absolute atomic E-state index is 13.2. The van der Waals surface area contributed by atoms with Crippen LogP contribution >= 0.6 is 22.9 Å². The van der Waals surface area contributed by atoms with Crippen LogP contribution in [0.25, 0.3) is 15.7 Å². The van der Waals surface area contributed by atoms with Crippen molar-refractivity contribution in [3.8, 4) is 0 Å². The summed E-state index contributed by atoms with van der Waals surface area (Å²) >= 11 is 7.61. The zero-order valence-electron chi connectivity index (χ0n) is 18.2. The van der Waals surface area contributed by atoms with Gasteiger partial charge in [0.05, 0.1) is 20.2 Å². The Hall–Kier alpha value is -1.90. The van der Waals surface area contributed by atoms with Gasteiger partial charge in [-0.2, -0.15) is 5.10 Å². The van der Waals surface area contributed by atoms with E-state index < -0.39 is 5.60 Å². The van der Waals surface area contributed by atoms with Gasteiger partial charge in [0.15, 0.2) is 0 Å². The number of amides is 1. The molecule has 7 nitrogen and oxygen atoms in total. The van der Waals surface area contributed by atoms with E-state index in [-0.39, 0.29) is 29.5 Å². The van der Waals surface area contributed by atoms with Crippen LogP contribution in [-0.2, 0) is 11.3 Å². The third-order valence-corrected chi connectivity index (χ3v) is 8.81. The Morgan fingerprint density at radius 3 is 2.66 bits per heavy atom. The van der Waals surface area contributed by atoms with Crippen molar-refractivity contribution >= 4 is 44.6 Å². The number of aromatic nitrogens is 3. The van der Waals surface area contributed by atoms with Crippen LogP contribution in [0.5, 0.6) is 0 Å². The molecule has 4 aliphatic rings. The minimum Gasteiger partial charge on any atom is -0.390 e. The van der Waals surface area contributed by atoms with Crippen molar-refractivity contribution in [3.63, 3.8) is 0 Å². The summed E-state index contributed by atoms with van der Waals surface area (Å²) in [6.45, 7) is 3.92. The highest BCUT2D eigenvalue weighted by molar-refractivity contribution is 7.22. The van der Waals surface area contributed by atoms with E-state index in [0.717, 1.165) is 48.1 Å². The number of rotatable bonds is 4. The molecule has 4 fully saturated rings. The average Bonchev–Trinajstić information content (AvgIpc) is 3.17. The number of fused-ring (bicyclic) bond motifs is 3. The summed E-state index contributed by atoms with van der Waals surface area (Å²) in [4.78, 5) is 26.4. The standard InChI is InChI=1S/C23H27ClN4O3S/c1-12(2)20-26-27(21(30)16-4-17-15(28(16)20)5-18(24)32-17)10-19(29)25-22-6-13-3-14(7-22)9-23(31,8-13)11-22/h4-5,12-14,31H,3,6-11H2,1-2H3,(H,25,29). The molecule has 3 aromatic rings. The fourth-order valence-corrected chi connectivity index (χ4v) is 8.18. The first kappa shape index (κ1) is 20.7. The van der Waals surface area contributed by atoms with E-state index in [9.17, 15) is 14.7 Å². The minimum atomic E-state index is -0.644. The quantitative estimate of drug-likeness (QED) is 0.603. The molecule has 2 atom stereocenters. The molecule has 4 saturated carbocycles. The number of nitrogens with zero attached hydrogens (tertiary/aromatic N) is 3. The Labute approximate surface area is 194 Å². The van der Waals surface area contributed by atoms with E-state index in [4.69, 9.17) is 11.6 Å². The number of hydrogen-bond donors (Lipinski definition) is 2. The van der Waals surface area contributed by atoms with E-state index in [0.29, 0.717) is 28.1 Å². The van der Waals surface area contributed by atoms with Crippen molar-refractivity contribution in [2.24, 2.45) is 11.8 Å². The summed E-state index contributed by atoms with van der Waals surface area (Å²) in [5.74, 6) is 1.53. The average molecular weight is 475 g/mol. The van der Waals surface area contributed by atoms with E-state index in [1.54, 1.807) is 0 Å². The van der Waals surface area contributed by atoms with Crippen molar-refractivity contribution in [1.82, 2.24) is 19.5 Å². The maximum atomic E-state index is 13.2. The first-order chi connectivity index (χ1) is 15.1. The molecule has 0 spiro atoms. The van der Waals surface area contributed by atoms with Gasteiger partial charge in [-0.1, -0.05) is 25.4 Å². The molecule has 0 aliphatic heterocycles. The molecule has 9 heteroatoms. The Kier molecular flexibility index (Phi) is 4.40. The molecular weight excluding hydrogens is 448 g/mol. The van der Waals surface area contributed by atoms with Gasteiger partial charge in [-0.3, -0.25) is 14.0 Å². The molecule has 4 aliphatic carbocycles. The molecular formula is C23H27ClN4O3S. The van der Waals surface area contributed by atoms with E-state index >= 15 is 0 Å². The van der Waals surface area contributed by atoms with Gasteiger partial charge in [-0.15, -0.1) is 11.3 Å². The molecule has 2 unspecified atom stereocenters. The lowest BCUT2D eigenvalue weighted by Crippen LogP contribution is -2.65. The highest BCUT2D eigenvalue weighted by atomic mass is 35.5. The largest absolute Gasteiger partial charge is 0.390 e. The molecule has 170 valence electrons. The first-order valence-corrected chi connectivity index (χ1v) is 12.6. The molecule has 0 radical (unpaired) electrons. The summed E-state index contributed by atoms with van der Waals surface area (Å²) in [6, 6.07) is 3.70. The summed E-state index contributed by atoms with van der Waals surface area (Å²) in [7, 11) is 0. The molecule has 4 bridgehead atoms. The molecule has 0 aromatic carbocycles. The second-order valence-electron chi connectivity index (χ2n) is 10.7. The molecule has 2 N–H and O–H groups in total. The van der Waals surface area contributed by atoms with Crippen molar-refractivity contribution < 1.29 is 9.90 Å². The van der Waals surface area contributed by atoms with Crippen LogP contribution in [0.2, 0.25) is 4.34 Å². The lowest BCUT2D eigenvalue weighted by Gasteiger charge is -2.60. The number of hydrogen-bond acceptors (Lipinski definition) is 5. The van der Waals surface area contributed by atoms with Gasteiger partial charge in [0, 0.05) is 11.5 Å². The monoisotopic (exact) mass is 474 g/mol. The van der Waals surface area contributed by atoms with Crippen LogP contribution in [0.1, 0.15) is 64.1 Å². The topological polar surface area (TPSA) is 88.6 Å². The van der Waals surface area contributed by atoms with Gasteiger partial charge in [-0.25, -0.2) is 4.68 Å². The molecule has 1 amide bonds. The first-order valence-electron chi connectivity index (χ1n) is 11.4. The van der Waals surface area contributed by atoms with Crippen molar-refractivity contribution in [2.45, 2.75) is 76.0 Å². The second kappa shape index (κ2) is 6.81. The molecule has 32 heavy (non-hydrogen) atoms. The number of carbonyl (C=O) groups is 1. The smallest absolute Gasteiger partial charge is 0.291 e. The predicted octanol–water partition coefficient (Wildman–Crippen LogP) is 3.69. The molecule has 3 aromatic heterocycles. The third kappa shape index (κ3) is 3.14. The lowest BCUT2D eigenvalue weighted by molar-refractivity contribution is -0.151. The van der Waals surface area contributed by atoms with Crippen LogP contribution < -0.4 is 10.9 Å². The van der Waals surface area contributed by atoms with Gasteiger partial charge in [0.25, 0.3) is 5.56 Å². The Morgan fingerprint density at radius 2 is 2.00 bits per heavy atom. The van der Waals surface area contributed by atoms with Crippen molar-refractivity contribution in [1.29, 1.82) is 0 Å². The van der Waals surface area contributed by atoms with E-state index in [1.807, 2.05) is 30.4 Å². The number of aliphatic hydroxyl groups is 1. The molecule has 0 saturated heterocycles. The number of thiophene rings is 1. The van der Waals surface area contributed by atoms with Crippen LogP contribution in [0, 0.1) is 11.8 Å². The predicted molar refractivity (Wildman–Crippen MR) is 124 cm³/mol. The van der Waals surface area contributed by atoms with Crippen LogP contribution in [0.15, 0.2) is 16.9 Å². The maximum Gasteiger partial charge on any atom is 0.291 e. The third-order valence-electron chi connectivity index (χ3n) is 7.61. The second-order valence-corrected chi connectivity index (χ2v) is 12.4. The minimum absolute atomic E-state index is 0.0547. The molecule has 3 heterocycles. The van der Waals surface area contributed by atoms with Gasteiger partial charge in [-0.05, 0) is 62.5 Å². The van der Waals surface area contributed by atoms with Crippen LogP contribution in [0.4, 0.5) is 0 Å². The van der Waals surface area contributed by atoms with E-state index in [2.05, 4.69) is 10.4 Å². The summed E-state index contributed by atoms with van der Waals surface area (Å²) in [5.41, 5.74) is 0.113. The fraction of sp³-hybridized carbons (Fsp3) is 0.609. The summed E-state index contributed by atoms with van der Waals surface area (Å²) in [6.07, 6.45) is 5.33. The van der Waals surface area contributed by atoms with Crippen LogP contribution in [-0.4, -0.2) is 36.3 Å². The number of nitrogens with one attached hydrogen (secondary N) is 1. The van der Waals surface area contributed by atoms with Gasteiger partial charge in [0.2, 0.25) is 5.91 Å².